The summed E-state index contributed by atoms with van der Waals surface area (Å²) in [7, 11) is 0. The van der Waals surface area contributed by atoms with Crippen LogP contribution < -0.4 is 10.6 Å². The molecule has 114 valence electrons. The second-order valence-corrected chi connectivity index (χ2v) is 5.84. The fourth-order valence-corrected chi connectivity index (χ4v) is 3.26. The second kappa shape index (κ2) is 5.83. The zero-order valence-electron chi connectivity index (χ0n) is 12.7. The first-order valence-electron chi connectivity index (χ1n) is 8.09. The summed E-state index contributed by atoms with van der Waals surface area (Å²) in [6, 6.07) is 10.4. The van der Waals surface area contributed by atoms with Crippen molar-refractivity contribution in [3.63, 3.8) is 0 Å². The molecular weight excluding hydrogens is 274 g/mol. The summed E-state index contributed by atoms with van der Waals surface area (Å²) < 4.78 is 2.12. The first kappa shape index (κ1) is 13.4. The highest BCUT2D eigenvalue weighted by atomic mass is 15.3. The van der Waals surface area contributed by atoms with Crippen LogP contribution in [0.2, 0.25) is 0 Å². The van der Waals surface area contributed by atoms with Crippen molar-refractivity contribution in [1.29, 1.82) is 0 Å². The van der Waals surface area contributed by atoms with E-state index in [4.69, 9.17) is 5.10 Å². The van der Waals surface area contributed by atoms with E-state index in [0.29, 0.717) is 0 Å². The van der Waals surface area contributed by atoms with Gasteiger partial charge in [-0.1, -0.05) is 18.2 Å². The number of para-hydroxylation sites is 1. The Morgan fingerprint density at radius 1 is 1.14 bits per heavy atom. The van der Waals surface area contributed by atoms with Gasteiger partial charge in [-0.25, -0.2) is 4.68 Å². The molecular formula is C17H21N5. The minimum absolute atomic E-state index is 0.744. The monoisotopic (exact) mass is 295 g/mol. The van der Waals surface area contributed by atoms with Crippen LogP contribution in [0.3, 0.4) is 0 Å². The zero-order valence-corrected chi connectivity index (χ0v) is 12.7. The van der Waals surface area contributed by atoms with Gasteiger partial charge < -0.3 is 10.6 Å². The summed E-state index contributed by atoms with van der Waals surface area (Å²) in [5.74, 6) is 0.909. The number of hydrogen-bond acceptors (Lipinski definition) is 4. The van der Waals surface area contributed by atoms with Crippen molar-refractivity contribution in [1.82, 2.24) is 20.4 Å². The molecule has 2 aliphatic rings. The van der Waals surface area contributed by atoms with Gasteiger partial charge in [0, 0.05) is 18.8 Å². The van der Waals surface area contributed by atoms with Gasteiger partial charge in [-0.15, -0.1) is 0 Å². The quantitative estimate of drug-likeness (QED) is 0.908. The van der Waals surface area contributed by atoms with Gasteiger partial charge in [-0.3, -0.25) is 4.99 Å². The molecule has 5 nitrogen and oxygen atoms in total. The SMILES string of the molecule is c1ccc(-n2nc(CNC3=NCCCN3)c3c2CCC3)cc1. The molecule has 0 atom stereocenters. The van der Waals surface area contributed by atoms with Crippen molar-refractivity contribution in [3.05, 3.63) is 47.3 Å². The van der Waals surface area contributed by atoms with Gasteiger partial charge in [0.2, 0.25) is 0 Å². The number of rotatable bonds is 3. The molecule has 0 radical (unpaired) electrons. The molecule has 0 saturated carbocycles. The van der Waals surface area contributed by atoms with Gasteiger partial charge in [-0.05, 0) is 43.4 Å². The van der Waals surface area contributed by atoms with Crippen LogP contribution in [0.5, 0.6) is 0 Å². The minimum atomic E-state index is 0.744. The third-order valence-corrected chi connectivity index (χ3v) is 4.33. The number of fused-ring (bicyclic) bond motifs is 1. The maximum absolute atomic E-state index is 4.86. The minimum Gasteiger partial charge on any atom is -0.356 e. The molecule has 0 fully saturated rings. The number of hydrogen-bond donors (Lipinski definition) is 2. The molecule has 2 heterocycles. The normalized spacial score (nSPS) is 16.8. The van der Waals surface area contributed by atoms with Crippen molar-refractivity contribution in [2.24, 2.45) is 4.99 Å². The van der Waals surface area contributed by atoms with Crippen molar-refractivity contribution in [2.45, 2.75) is 32.2 Å². The van der Waals surface area contributed by atoms with E-state index in [0.717, 1.165) is 56.2 Å². The standard InChI is InChI=1S/C17H21N5/c1-2-6-13(7-3-1)22-16-9-4-8-14(16)15(21-22)12-20-17-18-10-5-11-19-17/h1-3,6-7H,4-5,8-12H2,(H2,18,19,20). The average Bonchev–Trinajstić information content (AvgIpc) is 3.17. The van der Waals surface area contributed by atoms with E-state index in [9.17, 15) is 0 Å². The van der Waals surface area contributed by atoms with E-state index in [1.165, 1.54) is 17.7 Å². The summed E-state index contributed by atoms with van der Waals surface area (Å²) in [5.41, 5.74) is 5.11. The van der Waals surface area contributed by atoms with Crippen molar-refractivity contribution in [3.8, 4) is 5.69 Å². The number of aromatic nitrogens is 2. The number of nitrogens with zero attached hydrogens (tertiary/aromatic N) is 3. The van der Waals surface area contributed by atoms with Crippen LogP contribution in [0.15, 0.2) is 35.3 Å². The van der Waals surface area contributed by atoms with Gasteiger partial charge in [0.1, 0.15) is 0 Å². The fourth-order valence-electron chi connectivity index (χ4n) is 3.26. The zero-order chi connectivity index (χ0) is 14.8. The lowest BCUT2D eigenvalue weighted by Crippen LogP contribution is -2.40. The Bertz CT molecular complexity index is 687. The highest BCUT2D eigenvalue weighted by Crippen LogP contribution is 2.27. The molecule has 5 heteroatoms. The largest absolute Gasteiger partial charge is 0.356 e. The Morgan fingerprint density at radius 2 is 2.05 bits per heavy atom. The summed E-state index contributed by atoms with van der Waals surface area (Å²) >= 11 is 0. The van der Waals surface area contributed by atoms with Gasteiger partial charge in [-0.2, -0.15) is 5.10 Å². The van der Waals surface area contributed by atoms with Gasteiger partial charge in [0.25, 0.3) is 0 Å². The predicted molar refractivity (Wildman–Crippen MR) is 87.4 cm³/mol. The Morgan fingerprint density at radius 3 is 2.86 bits per heavy atom. The lowest BCUT2D eigenvalue weighted by Gasteiger charge is -2.15. The van der Waals surface area contributed by atoms with Crippen LogP contribution in [-0.2, 0) is 19.4 Å². The molecule has 0 bridgehead atoms. The molecule has 1 aliphatic carbocycles. The first-order chi connectivity index (χ1) is 10.9. The van der Waals surface area contributed by atoms with Crippen LogP contribution in [0, 0.1) is 0 Å². The number of aliphatic imine (C=N–C) groups is 1. The van der Waals surface area contributed by atoms with Crippen molar-refractivity contribution in [2.75, 3.05) is 13.1 Å². The molecule has 0 saturated heterocycles. The first-order valence-corrected chi connectivity index (χ1v) is 8.09. The lowest BCUT2D eigenvalue weighted by molar-refractivity contribution is 0.689. The molecule has 1 aromatic heterocycles. The molecule has 1 aliphatic heterocycles. The van der Waals surface area contributed by atoms with E-state index in [1.54, 1.807) is 0 Å². The molecule has 0 unspecified atom stereocenters. The summed E-state index contributed by atoms with van der Waals surface area (Å²) in [6.45, 7) is 2.66. The predicted octanol–water partition coefficient (Wildman–Crippen LogP) is 1.80. The number of guanidine groups is 1. The number of nitrogens with one attached hydrogen (secondary N) is 2. The lowest BCUT2D eigenvalue weighted by atomic mass is 10.2. The maximum Gasteiger partial charge on any atom is 0.191 e. The van der Waals surface area contributed by atoms with Gasteiger partial charge >= 0.3 is 0 Å². The molecule has 2 N–H and O–H groups in total. The van der Waals surface area contributed by atoms with Crippen molar-refractivity contribution < 1.29 is 0 Å². The Hall–Kier alpha value is -2.30. The topological polar surface area (TPSA) is 54.2 Å². The maximum atomic E-state index is 4.86. The molecule has 2 aromatic rings. The molecule has 0 spiro atoms. The average molecular weight is 295 g/mol. The summed E-state index contributed by atoms with van der Waals surface area (Å²) in [6.07, 6.45) is 4.60. The Kier molecular flexibility index (Phi) is 3.54. The van der Waals surface area contributed by atoms with Gasteiger partial charge in [0.15, 0.2) is 5.96 Å². The molecule has 1 aromatic carbocycles. The fraction of sp³-hybridized carbons (Fsp3) is 0.412. The van der Waals surface area contributed by atoms with E-state index in [2.05, 4.69) is 44.6 Å². The van der Waals surface area contributed by atoms with E-state index < -0.39 is 0 Å². The van der Waals surface area contributed by atoms with Crippen LogP contribution >= 0.6 is 0 Å². The summed E-state index contributed by atoms with van der Waals surface area (Å²) in [5, 5.41) is 11.6. The van der Waals surface area contributed by atoms with E-state index in [1.807, 2.05) is 6.07 Å². The molecule has 0 amide bonds. The molecule has 4 rings (SSSR count). The molecule has 22 heavy (non-hydrogen) atoms. The van der Waals surface area contributed by atoms with Crippen molar-refractivity contribution >= 4 is 5.96 Å². The Balaban J connectivity index is 1.59. The van der Waals surface area contributed by atoms with Gasteiger partial charge in [0.05, 0.1) is 17.9 Å². The Labute approximate surface area is 130 Å². The highest BCUT2D eigenvalue weighted by Gasteiger charge is 2.23. The third kappa shape index (κ3) is 2.47. The van der Waals surface area contributed by atoms with Crippen LogP contribution in [0.25, 0.3) is 5.69 Å². The smallest absolute Gasteiger partial charge is 0.191 e. The third-order valence-electron chi connectivity index (χ3n) is 4.33. The van der Waals surface area contributed by atoms with Crippen LogP contribution in [0.4, 0.5) is 0 Å². The number of benzene rings is 1. The second-order valence-electron chi connectivity index (χ2n) is 5.84. The van der Waals surface area contributed by atoms with Crippen LogP contribution in [-0.4, -0.2) is 28.8 Å². The summed E-state index contributed by atoms with van der Waals surface area (Å²) in [4.78, 5) is 4.46. The highest BCUT2D eigenvalue weighted by molar-refractivity contribution is 5.80. The van der Waals surface area contributed by atoms with Crippen LogP contribution in [0.1, 0.15) is 29.8 Å². The van der Waals surface area contributed by atoms with E-state index in [-0.39, 0.29) is 0 Å². The van der Waals surface area contributed by atoms with E-state index >= 15 is 0 Å².